The number of nitrogens with zero attached hydrogens (tertiary/aromatic N) is 1. The number of carbonyl (C=O) groups excluding carboxylic acids is 1. The first kappa shape index (κ1) is 15.4. The van der Waals surface area contributed by atoms with Crippen LogP contribution in [0.25, 0.3) is 0 Å². The van der Waals surface area contributed by atoms with Crippen LogP contribution in [-0.4, -0.2) is 5.91 Å². The Hall–Kier alpha value is -3.01. The summed E-state index contributed by atoms with van der Waals surface area (Å²) in [5, 5.41) is 13.4. The fraction of sp³-hybridized carbons (Fsp3) is 0.0667. The van der Waals surface area contributed by atoms with Crippen molar-refractivity contribution in [3.8, 4) is 6.07 Å². The van der Waals surface area contributed by atoms with E-state index in [9.17, 15) is 18.0 Å². The minimum Gasteiger partial charge on any atom is -0.351 e. The van der Waals surface area contributed by atoms with Gasteiger partial charge in [0, 0.05) is 6.07 Å². The predicted octanol–water partition coefficient (Wildman–Crippen LogP) is 3.70. The molecule has 0 saturated heterocycles. The van der Waals surface area contributed by atoms with Crippen molar-refractivity contribution in [1.29, 1.82) is 5.26 Å². The lowest BCUT2D eigenvalue weighted by Gasteiger charge is -2.13. The van der Waals surface area contributed by atoms with Gasteiger partial charge in [0.25, 0.3) is 0 Å². The van der Waals surface area contributed by atoms with Crippen molar-refractivity contribution in [2.45, 2.75) is 6.42 Å². The number of rotatable bonds is 4. The molecule has 0 radical (unpaired) electrons. The van der Waals surface area contributed by atoms with Gasteiger partial charge >= 0.3 is 0 Å². The number of hydrogen-bond donors (Lipinski definition) is 2. The van der Waals surface area contributed by atoms with Crippen molar-refractivity contribution >= 4 is 23.0 Å². The van der Waals surface area contributed by atoms with Crippen molar-refractivity contribution in [1.82, 2.24) is 0 Å². The summed E-state index contributed by atoms with van der Waals surface area (Å²) < 4.78 is 39.8. The number of hydrogen-bond acceptors (Lipinski definition) is 3. The Labute approximate surface area is 124 Å². The molecule has 0 saturated carbocycles. The second kappa shape index (κ2) is 6.63. The average Bonchev–Trinajstić information content (AvgIpc) is 2.44. The third-order valence-electron chi connectivity index (χ3n) is 2.70. The van der Waals surface area contributed by atoms with Crippen molar-refractivity contribution in [2.24, 2.45) is 0 Å². The Morgan fingerprint density at radius 2 is 1.64 bits per heavy atom. The Kier molecular flexibility index (Phi) is 4.63. The largest absolute Gasteiger partial charge is 0.351 e. The summed E-state index contributed by atoms with van der Waals surface area (Å²) in [6.45, 7) is 0. The Morgan fingerprint density at radius 3 is 2.27 bits per heavy atom. The molecule has 0 spiro atoms. The fourth-order valence-corrected chi connectivity index (χ4v) is 1.73. The Balaban J connectivity index is 2.30. The first-order valence-electron chi connectivity index (χ1n) is 6.18. The molecule has 2 aromatic rings. The number of benzene rings is 2. The van der Waals surface area contributed by atoms with Gasteiger partial charge in [-0.15, -0.1) is 0 Å². The number of anilines is 3. The maximum absolute atomic E-state index is 13.6. The molecule has 7 heteroatoms. The minimum absolute atomic E-state index is 0.0382. The van der Waals surface area contributed by atoms with Crippen LogP contribution in [0, 0.1) is 28.8 Å². The number of halogens is 3. The molecule has 0 aromatic heterocycles. The van der Waals surface area contributed by atoms with E-state index in [2.05, 4.69) is 10.6 Å². The molecule has 2 rings (SSSR count). The quantitative estimate of drug-likeness (QED) is 0.905. The van der Waals surface area contributed by atoms with E-state index >= 15 is 0 Å². The van der Waals surface area contributed by atoms with Gasteiger partial charge in [0.15, 0.2) is 0 Å². The third kappa shape index (κ3) is 3.76. The van der Waals surface area contributed by atoms with E-state index < -0.39 is 29.8 Å². The zero-order valence-corrected chi connectivity index (χ0v) is 11.2. The zero-order chi connectivity index (χ0) is 16.1. The molecule has 0 bridgehead atoms. The van der Waals surface area contributed by atoms with E-state index in [0.29, 0.717) is 6.07 Å². The average molecular weight is 305 g/mol. The van der Waals surface area contributed by atoms with Crippen molar-refractivity contribution in [3.05, 3.63) is 53.8 Å². The van der Waals surface area contributed by atoms with E-state index in [4.69, 9.17) is 5.26 Å². The lowest BCUT2D eigenvalue weighted by molar-refractivity contribution is -0.115. The molecule has 112 valence electrons. The Morgan fingerprint density at radius 1 is 1.00 bits per heavy atom. The van der Waals surface area contributed by atoms with Crippen molar-refractivity contribution < 1.29 is 18.0 Å². The van der Waals surface area contributed by atoms with Crippen LogP contribution < -0.4 is 10.6 Å². The molecule has 0 aliphatic carbocycles. The highest BCUT2D eigenvalue weighted by Crippen LogP contribution is 2.28. The lowest BCUT2D eigenvalue weighted by Crippen LogP contribution is -2.12. The van der Waals surface area contributed by atoms with E-state index in [1.165, 1.54) is 12.1 Å². The molecule has 0 atom stereocenters. The van der Waals surface area contributed by atoms with Crippen LogP contribution in [0.1, 0.15) is 6.42 Å². The summed E-state index contributed by atoms with van der Waals surface area (Å²) in [5.74, 6) is -2.81. The number of nitriles is 1. The topological polar surface area (TPSA) is 64.9 Å². The number of nitrogens with one attached hydrogen (secondary N) is 2. The maximum atomic E-state index is 13.6. The van der Waals surface area contributed by atoms with Gasteiger partial charge in [-0.05, 0) is 30.3 Å². The van der Waals surface area contributed by atoms with E-state index in [0.717, 1.165) is 18.2 Å². The molecule has 2 N–H and O–H groups in total. The van der Waals surface area contributed by atoms with Gasteiger partial charge in [0.2, 0.25) is 5.91 Å². The van der Waals surface area contributed by atoms with Crippen LogP contribution in [-0.2, 0) is 4.79 Å². The normalized spacial score (nSPS) is 9.91. The van der Waals surface area contributed by atoms with Gasteiger partial charge in [-0.2, -0.15) is 5.26 Å². The summed E-state index contributed by atoms with van der Waals surface area (Å²) in [6, 6.07) is 8.02. The van der Waals surface area contributed by atoms with Crippen LogP contribution in [0.3, 0.4) is 0 Å². The van der Waals surface area contributed by atoms with E-state index in [-0.39, 0.29) is 17.1 Å². The molecule has 0 aliphatic rings. The summed E-state index contributed by atoms with van der Waals surface area (Å²) in [4.78, 5) is 11.4. The summed E-state index contributed by atoms with van der Waals surface area (Å²) in [7, 11) is 0. The van der Waals surface area contributed by atoms with Crippen molar-refractivity contribution in [2.75, 3.05) is 10.6 Å². The van der Waals surface area contributed by atoms with Gasteiger partial charge in [0.1, 0.15) is 23.9 Å². The number of carbonyl (C=O) groups is 1. The third-order valence-corrected chi connectivity index (χ3v) is 2.70. The predicted molar refractivity (Wildman–Crippen MR) is 74.9 cm³/mol. The van der Waals surface area contributed by atoms with Gasteiger partial charge in [-0.25, -0.2) is 13.2 Å². The van der Waals surface area contributed by atoms with Gasteiger partial charge < -0.3 is 10.6 Å². The first-order valence-corrected chi connectivity index (χ1v) is 6.18. The van der Waals surface area contributed by atoms with Crippen LogP contribution in [0.5, 0.6) is 0 Å². The molecule has 22 heavy (non-hydrogen) atoms. The molecule has 0 aliphatic heterocycles. The zero-order valence-electron chi connectivity index (χ0n) is 11.2. The van der Waals surface area contributed by atoms with Crippen LogP contribution in [0.2, 0.25) is 0 Å². The van der Waals surface area contributed by atoms with Crippen LogP contribution in [0.4, 0.5) is 30.2 Å². The molecule has 1 amide bonds. The fourth-order valence-electron chi connectivity index (χ4n) is 1.73. The first-order chi connectivity index (χ1) is 10.5. The van der Waals surface area contributed by atoms with E-state index in [1.807, 2.05) is 0 Å². The lowest BCUT2D eigenvalue weighted by atomic mass is 10.2. The van der Waals surface area contributed by atoms with Crippen molar-refractivity contribution in [3.63, 3.8) is 0 Å². The highest BCUT2D eigenvalue weighted by Gasteiger charge is 2.11. The molecule has 0 heterocycles. The summed E-state index contributed by atoms with van der Waals surface area (Å²) in [6.07, 6.45) is -0.402. The van der Waals surface area contributed by atoms with Gasteiger partial charge in [-0.1, -0.05) is 0 Å². The van der Waals surface area contributed by atoms with Crippen LogP contribution >= 0.6 is 0 Å². The monoisotopic (exact) mass is 305 g/mol. The number of amides is 1. The molecule has 0 unspecified atom stereocenters. The standard InChI is InChI=1S/C15H10F3N3O/c16-9-1-3-12(11(18)7-9)20-13-4-2-10(17)8-14(13)21-15(22)5-6-19/h1-4,7-8,20H,5H2,(H,21,22). The second-order valence-electron chi connectivity index (χ2n) is 4.32. The summed E-state index contributed by atoms with van der Waals surface area (Å²) >= 11 is 0. The molecule has 0 fully saturated rings. The molecule has 4 nitrogen and oxygen atoms in total. The van der Waals surface area contributed by atoms with Crippen LogP contribution in [0.15, 0.2) is 36.4 Å². The highest BCUT2D eigenvalue weighted by molar-refractivity contribution is 5.95. The smallest absolute Gasteiger partial charge is 0.238 e. The second-order valence-corrected chi connectivity index (χ2v) is 4.32. The maximum Gasteiger partial charge on any atom is 0.238 e. The van der Waals surface area contributed by atoms with Gasteiger partial charge in [0.05, 0.1) is 23.1 Å². The van der Waals surface area contributed by atoms with E-state index in [1.54, 1.807) is 6.07 Å². The van der Waals surface area contributed by atoms with Gasteiger partial charge in [-0.3, -0.25) is 4.79 Å². The molecule has 2 aromatic carbocycles. The SMILES string of the molecule is N#CCC(=O)Nc1cc(F)ccc1Nc1ccc(F)cc1F. The molecular formula is C15H10F3N3O. The summed E-state index contributed by atoms with van der Waals surface area (Å²) in [5.41, 5.74) is 0.214. The minimum atomic E-state index is -0.835. The molecular weight excluding hydrogens is 295 g/mol. The Bertz CT molecular complexity index is 756. The highest BCUT2D eigenvalue weighted by atomic mass is 19.1.